The quantitative estimate of drug-likeness (QED) is 0.353. The van der Waals surface area contributed by atoms with Crippen molar-refractivity contribution in [2.45, 2.75) is 13.8 Å². The Morgan fingerprint density at radius 2 is 1.70 bits per heavy atom. The van der Waals surface area contributed by atoms with E-state index in [-0.39, 0.29) is 51.4 Å². The molecular formula is C21H18CuN4O4+2. The summed E-state index contributed by atoms with van der Waals surface area (Å²) in [5.41, 5.74) is 1.12. The van der Waals surface area contributed by atoms with Gasteiger partial charge in [0, 0.05) is 12.1 Å². The average molecular weight is 454 g/mol. The fraction of sp³-hybridized carbons (Fsp3) is 0.190. The van der Waals surface area contributed by atoms with Crippen LogP contribution in [0.3, 0.4) is 0 Å². The number of nitrogens with zero attached hydrogens (tertiary/aromatic N) is 3. The first-order valence-electron chi connectivity index (χ1n) is 9.15. The Hall–Kier alpha value is -3.29. The van der Waals surface area contributed by atoms with Gasteiger partial charge >= 0.3 is 22.7 Å². The molecule has 0 spiro atoms. The Morgan fingerprint density at radius 1 is 0.967 bits per heavy atom. The second kappa shape index (κ2) is 8.61. The van der Waals surface area contributed by atoms with E-state index in [4.69, 9.17) is 4.52 Å². The third-order valence-electron chi connectivity index (χ3n) is 4.52. The fourth-order valence-electron chi connectivity index (χ4n) is 3.22. The molecule has 0 unspecified atom stereocenters. The number of H-pyrrole nitrogens is 1. The number of carbonyl (C=O) groups is 2. The predicted molar refractivity (Wildman–Crippen MR) is 106 cm³/mol. The first-order chi connectivity index (χ1) is 14.0. The summed E-state index contributed by atoms with van der Waals surface area (Å²) >= 11 is 0. The van der Waals surface area contributed by atoms with Crippen molar-refractivity contribution in [2.24, 2.45) is 16.1 Å². The Balaban J connectivity index is 0.00000256. The third kappa shape index (κ3) is 3.77. The topological polar surface area (TPSA) is 108 Å². The van der Waals surface area contributed by atoms with Crippen molar-refractivity contribution in [3.8, 4) is 11.3 Å². The van der Waals surface area contributed by atoms with Gasteiger partial charge in [-0.3, -0.25) is 14.5 Å². The predicted octanol–water partition coefficient (Wildman–Crippen LogP) is 4.30. The number of fused-ring (bicyclic) bond motifs is 1. The normalized spacial score (nSPS) is 13.2. The first-order valence-corrected chi connectivity index (χ1v) is 9.15. The van der Waals surface area contributed by atoms with Crippen LogP contribution in [0.2, 0.25) is 0 Å². The van der Waals surface area contributed by atoms with Crippen molar-refractivity contribution in [3.63, 3.8) is 0 Å². The summed E-state index contributed by atoms with van der Waals surface area (Å²) in [4.78, 5) is 38.7. The van der Waals surface area contributed by atoms with Crippen molar-refractivity contribution in [2.75, 3.05) is 6.54 Å². The number of hydrogen-bond donors (Lipinski definition) is 1. The minimum atomic E-state index is -0.677. The van der Waals surface area contributed by atoms with E-state index in [0.29, 0.717) is 17.8 Å². The van der Waals surface area contributed by atoms with Gasteiger partial charge in [-0.05, 0) is 18.1 Å². The number of hydrogen-bond acceptors (Lipinski definition) is 6. The number of rotatable bonds is 5. The van der Waals surface area contributed by atoms with Crippen LogP contribution in [0, 0.1) is 5.92 Å². The Bertz CT molecular complexity index is 1180. The molecule has 1 aliphatic rings. The van der Waals surface area contributed by atoms with Crippen molar-refractivity contribution in [1.82, 2.24) is 10.1 Å². The van der Waals surface area contributed by atoms with Gasteiger partial charge in [-0.2, -0.15) is 0 Å². The molecule has 155 valence electrons. The molecule has 2 heterocycles. The van der Waals surface area contributed by atoms with Crippen molar-refractivity contribution in [3.05, 3.63) is 70.1 Å². The number of carbonyl (C=O) groups excluding carboxylic acids is 2. The molecule has 3 aromatic rings. The van der Waals surface area contributed by atoms with Gasteiger partial charge in [-0.1, -0.05) is 50.2 Å². The first kappa shape index (κ1) is 21.4. The Labute approximate surface area is 182 Å². The van der Waals surface area contributed by atoms with E-state index < -0.39 is 11.5 Å². The van der Waals surface area contributed by atoms with Crippen molar-refractivity contribution >= 4 is 23.2 Å². The van der Waals surface area contributed by atoms with E-state index in [1.807, 2.05) is 32.0 Å². The van der Waals surface area contributed by atoms with Crippen LogP contribution in [-0.2, 0) is 17.1 Å². The Kier molecular flexibility index (Phi) is 6.14. The molecule has 1 radical (unpaired) electrons. The summed E-state index contributed by atoms with van der Waals surface area (Å²) in [6.45, 7) is 4.18. The average Bonchev–Trinajstić information content (AvgIpc) is 3.20. The molecular weight excluding hydrogens is 436 g/mol. The van der Waals surface area contributed by atoms with Crippen LogP contribution in [0.4, 0.5) is 11.4 Å². The van der Waals surface area contributed by atoms with E-state index in [1.54, 1.807) is 30.3 Å². The van der Waals surface area contributed by atoms with E-state index in [9.17, 15) is 14.4 Å². The molecule has 2 aromatic carbocycles. The number of azo groups is 1. The van der Waals surface area contributed by atoms with Gasteiger partial charge in [-0.25, -0.2) is 9.95 Å². The molecule has 1 N–H and O–H groups in total. The van der Waals surface area contributed by atoms with Gasteiger partial charge in [0.15, 0.2) is 5.69 Å². The van der Waals surface area contributed by atoms with Crippen LogP contribution in [-0.4, -0.2) is 28.4 Å². The largest absolute Gasteiger partial charge is 2.00 e. The summed E-state index contributed by atoms with van der Waals surface area (Å²) in [5, 5.41) is 10.7. The number of aromatic nitrogens is 1. The molecule has 0 saturated carbocycles. The number of amides is 2. The third-order valence-corrected chi connectivity index (χ3v) is 4.52. The second-order valence-corrected chi connectivity index (χ2v) is 7.10. The molecule has 0 bridgehead atoms. The molecule has 0 atom stereocenters. The maximum absolute atomic E-state index is 12.8. The smallest absolute Gasteiger partial charge is 0.336 e. The van der Waals surface area contributed by atoms with Crippen molar-refractivity contribution in [1.29, 1.82) is 0 Å². The molecule has 9 heteroatoms. The van der Waals surface area contributed by atoms with Crippen LogP contribution in [0.15, 0.2) is 68.1 Å². The van der Waals surface area contributed by atoms with Crippen LogP contribution in [0.1, 0.15) is 34.6 Å². The molecule has 0 saturated heterocycles. The summed E-state index contributed by atoms with van der Waals surface area (Å²) in [6.07, 6.45) is 0. The summed E-state index contributed by atoms with van der Waals surface area (Å²) in [7, 11) is 0. The van der Waals surface area contributed by atoms with Crippen LogP contribution in [0.25, 0.3) is 11.3 Å². The van der Waals surface area contributed by atoms with Gasteiger partial charge in [-0.15, -0.1) is 10.2 Å². The molecule has 1 aliphatic heterocycles. The molecule has 2 amide bonds. The minimum absolute atomic E-state index is 0. The maximum Gasteiger partial charge on any atom is 2.00 e. The summed E-state index contributed by atoms with van der Waals surface area (Å²) in [6, 6.07) is 13.9. The molecule has 0 fully saturated rings. The van der Waals surface area contributed by atoms with Gasteiger partial charge in [0.25, 0.3) is 11.8 Å². The molecule has 8 nitrogen and oxygen atoms in total. The molecule has 0 aliphatic carbocycles. The zero-order valence-electron chi connectivity index (χ0n) is 16.2. The molecule has 1 aromatic heterocycles. The monoisotopic (exact) mass is 453 g/mol. The van der Waals surface area contributed by atoms with Crippen LogP contribution >= 0.6 is 0 Å². The SMILES string of the molecule is CC(C)CN1C(=O)c2cccc(N=Nc3c(-c4ccccc4)[nH]oc3=O)c2C1=O.[Cu+2]. The van der Waals surface area contributed by atoms with E-state index in [2.05, 4.69) is 15.4 Å². The fourth-order valence-corrected chi connectivity index (χ4v) is 3.22. The number of nitrogens with one attached hydrogen (secondary N) is 1. The molecule has 30 heavy (non-hydrogen) atoms. The minimum Gasteiger partial charge on any atom is -0.336 e. The molecule has 4 rings (SSSR count). The van der Waals surface area contributed by atoms with E-state index in [1.165, 1.54) is 4.90 Å². The van der Waals surface area contributed by atoms with E-state index >= 15 is 0 Å². The van der Waals surface area contributed by atoms with Crippen molar-refractivity contribution < 1.29 is 31.2 Å². The van der Waals surface area contributed by atoms with E-state index in [0.717, 1.165) is 0 Å². The van der Waals surface area contributed by atoms with Gasteiger partial charge < -0.3 is 4.52 Å². The number of aromatic amines is 1. The maximum atomic E-state index is 12.8. The van der Waals surface area contributed by atoms with Crippen LogP contribution < -0.4 is 5.63 Å². The zero-order valence-corrected chi connectivity index (χ0v) is 17.1. The van der Waals surface area contributed by atoms with Gasteiger partial charge in [0.1, 0.15) is 5.69 Å². The second-order valence-electron chi connectivity index (χ2n) is 7.10. The number of benzene rings is 2. The summed E-state index contributed by atoms with van der Waals surface area (Å²) < 4.78 is 4.87. The Morgan fingerprint density at radius 3 is 2.40 bits per heavy atom. The zero-order chi connectivity index (χ0) is 20.5. The number of imide groups is 1. The van der Waals surface area contributed by atoms with Crippen LogP contribution in [0.5, 0.6) is 0 Å². The van der Waals surface area contributed by atoms with Gasteiger partial charge in [0.05, 0.1) is 16.8 Å². The summed E-state index contributed by atoms with van der Waals surface area (Å²) in [5.74, 6) is -0.611. The van der Waals surface area contributed by atoms with Gasteiger partial charge in [0.2, 0.25) is 0 Å². The standard InChI is InChI=1S/C21H18N4O4.Cu/c1-12(2)11-25-19(26)14-9-6-10-15(16(14)20(25)27)22-23-18-17(24-29-21(18)28)13-7-4-3-5-8-13;/h3-10,12,24H,11H2,1-2H3;/q;+2.